The summed E-state index contributed by atoms with van der Waals surface area (Å²) < 4.78 is 0. The van der Waals surface area contributed by atoms with Gasteiger partial charge in [0.2, 0.25) is 0 Å². The van der Waals surface area contributed by atoms with E-state index in [4.69, 9.17) is 5.11 Å². The van der Waals surface area contributed by atoms with Gasteiger partial charge in [0.1, 0.15) is 5.56 Å². The van der Waals surface area contributed by atoms with Gasteiger partial charge in [-0.15, -0.1) is 0 Å². The van der Waals surface area contributed by atoms with Crippen LogP contribution in [0.1, 0.15) is 15.9 Å². The molecule has 0 spiro atoms. The van der Waals surface area contributed by atoms with Gasteiger partial charge in [0.15, 0.2) is 0 Å². The largest absolute Gasteiger partial charge is 0.477 e. The third-order valence-corrected chi connectivity index (χ3v) is 2.92. The molecule has 2 rings (SSSR count). The van der Waals surface area contributed by atoms with Crippen molar-refractivity contribution in [1.29, 1.82) is 0 Å². The normalized spacial score (nSPS) is 10.1. The van der Waals surface area contributed by atoms with Crippen LogP contribution in [0.3, 0.4) is 0 Å². The van der Waals surface area contributed by atoms with Crippen molar-refractivity contribution in [2.75, 3.05) is 11.9 Å². The van der Waals surface area contributed by atoms with E-state index >= 15 is 0 Å². The summed E-state index contributed by atoms with van der Waals surface area (Å²) >= 11 is 0. The zero-order valence-corrected chi connectivity index (χ0v) is 11.0. The molecule has 1 aromatic heterocycles. The minimum Gasteiger partial charge on any atom is -0.477 e. The van der Waals surface area contributed by atoms with Gasteiger partial charge in [-0.1, -0.05) is 0 Å². The number of hydrogen-bond donors (Lipinski definition) is 2. The van der Waals surface area contributed by atoms with Crippen molar-refractivity contribution < 1.29 is 14.8 Å². The van der Waals surface area contributed by atoms with Gasteiger partial charge in [0, 0.05) is 30.7 Å². The van der Waals surface area contributed by atoms with Crippen LogP contribution in [0.5, 0.6) is 0 Å². The van der Waals surface area contributed by atoms with E-state index in [0.29, 0.717) is 12.2 Å². The Morgan fingerprint density at radius 1 is 1.29 bits per heavy atom. The Labute approximate surface area is 120 Å². The number of nitro groups is 1. The number of carboxylic acids is 1. The predicted octanol–water partition coefficient (Wildman–Crippen LogP) is 2.34. The number of carboxylic acid groups (broad SMARTS) is 1. The molecule has 0 atom stereocenters. The van der Waals surface area contributed by atoms with Crippen LogP contribution < -0.4 is 5.32 Å². The molecule has 0 radical (unpaired) electrons. The van der Waals surface area contributed by atoms with Gasteiger partial charge in [0.25, 0.3) is 5.69 Å². The van der Waals surface area contributed by atoms with Crippen LogP contribution in [-0.2, 0) is 6.42 Å². The highest BCUT2D eigenvalue weighted by molar-refractivity contribution is 5.93. The van der Waals surface area contributed by atoms with Gasteiger partial charge >= 0.3 is 5.97 Å². The number of nitrogens with one attached hydrogen (secondary N) is 1. The van der Waals surface area contributed by atoms with Crippen molar-refractivity contribution in [3.05, 3.63) is 64.0 Å². The first-order chi connectivity index (χ1) is 10.1. The average Bonchev–Trinajstić information content (AvgIpc) is 2.48. The summed E-state index contributed by atoms with van der Waals surface area (Å²) in [4.78, 5) is 25.0. The van der Waals surface area contributed by atoms with Crippen molar-refractivity contribution >= 4 is 17.3 Å². The number of rotatable bonds is 6. The number of aromatic nitrogens is 1. The van der Waals surface area contributed by atoms with Gasteiger partial charge in [-0.3, -0.25) is 15.1 Å². The molecule has 0 aliphatic carbocycles. The Hall–Kier alpha value is -2.96. The van der Waals surface area contributed by atoms with E-state index in [0.717, 1.165) is 12.0 Å². The van der Waals surface area contributed by atoms with E-state index in [2.05, 4.69) is 10.3 Å². The molecule has 0 bridgehead atoms. The maximum Gasteiger partial charge on any atom is 0.342 e. The van der Waals surface area contributed by atoms with E-state index < -0.39 is 16.6 Å². The smallest absolute Gasteiger partial charge is 0.342 e. The second-order valence-corrected chi connectivity index (χ2v) is 4.33. The van der Waals surface area contributed by atoms with Crippen LogP contribution in [-0.4, -0.2) is 27.5 Å². The van der Waals surface area contributed by atoms with Crippen LogP contribution in [0, 0.1) is 10.1 Å². The summed E-state index contributed by atoms with van der Waals surface area (Å²) in [6, 6.07) is 7.75. The lowest BCUT2D eigenvalue weighted by Crippen LogP contribution is -2.07. The Kier molecular flexibility index (Phi) is 4.45. The molecular formula is C14H13N3O4. The first kappa shape index (κ1) is 14.4. The topological polar surface area (TPSA) is 105 Å². The Balaban J connectivity index is 2.05. The molecule has 0 aliphatic rings. The number of carbonyl (C=O) groups is 1. The van der Waals surface area contributed by atoms with Crippen LogP contribution in [0.15, 0.2) is 42.7 Å². The molecular weight excluding hydrogens is 274 g/mol. The van der Waals surface area contributed by atoms with E-state index in [1.165, 1.54) is 18.2 Å². The predicted molar refractivity (Wildman–Crippen MR) is 76.5 cm³/mol. The fourth-order valence-corrected chi connectivity index (χ4v) is 1.87. The van der Waals surface area contributed by atoms with Crippen molar-refractivity contribution in [3.63, 3.8) is 0 Å². The van der Waals surface area contributed by atoms with E-state index in [9.17, 15) is 14.9 Å². The molecule has 0 saturated carbocycles. The molecule has 21 heavy (non-hydrogen) atoms. The number of hydrogen-bond acceptors (Lipinski definition) is 5. The molecule has 0 unspecified atom stereocenters. The number of pyridine rings is 1. The Morgan fingerprint density at radius 3 is 2.62 bits per heavy atom. The molecule has 108 valence electrons. The van der Waals surface area contributed by atoms with Crippen molar-refractivity contribution in [2.24, 2.45) is 0 Å². The monoisotopic (exact) mass is 287 g/mol. The van der Waals surface area contributed by atoms with Crippen molar-refractivity contribution in [1.82, 2.24) is 4.98 Å². The van der Waals surface area contributed by atoms with Crippen LogP contribution in [0.2, 0.25) is 0 Å². The zero-order chi connectivity index (χ0) is 15.2. The van der Waals surface area contributed by atoms with E-state index in [1.807, 2.05) is 12.1 Å². The quantitative estimate of drug-likeness (QED) is 0.624. The van der Waals surface area contributed by atoms with Crippen molar-refractivity contribution in [2.45, 2.75) is 6.42 Å². The average molecular weight is 287 g/mol. The highest BCUT2D eigenvalue weighted by Crippen LogP contribution is 2.23. The first-order valence-corrected chi connectivity index (χ1v) is 6.22. The van der Waals surface area contributed by atoms with Gasteiger partial charge in [-0.25, -0.2) is 4.79 Å². The van der Waals surface area contributed by atoms with Crippen LogP contribution in [0.4, 0.5) is 11.4 Å². The highest BCUT2D eigenvalue weighted by Gasteiger charge is 2.19. The summed E-state index contributed by atoms with van der Waals surface area (Å²) in [6.07, 6.45) is 4.13. The SMILES string of the molecule is O=C(O)c1ccc(NCCc2ccncc2)cc1[N+](=O)[O-]. The molecule has 0 fully saturated rings. The fourth-order valence-electron chi connectivity index (χ4n) is 1.87. The Bertz CT molecular complexity index is 659. The van der Waals surface area contributed by atoms with Gasteiger partial charge < -0.3 is 10.4 Å². The fraction of sp³-hybridized carbons (Fsp3) is 0.143. The number of anilines is 1. The molecule has 0 aliphatic heterocycles. The minimum atomic E-state index is -1.31. The highest BCUT2D eigenvalue weighted by atomic mass is 16.6. The molecule has 7 heteroatoms. The van der Waals surface area contributed by atoms with Crippen LogP contribution in [0.25, 0.3) is 0 Å². The molecule has 1 heterocycles. The summed E-state index contributed by atoms with van der Waals surface area (Å²) in [7, 11) is 0. The maximum atomic E-state index is 10.9. The van der Waals surface area contributed by atoms with E-state index in [-0.39, 0.29) is 5.56 Å². The van der Waals surface area contributed by atoms with E-state index in [1.54, 1.807) is 12.4 Å². The number of aromatic carboxylic acids is 1. The molecule has 0 amide bonds. The molecule has 0 saturated heterocycles. The molecule has 2 N–H and O–H groups in total. The Morgan fingerprint density at radius 2 is 2.00 bits per heavy atom. The molecule has 1 aromatic carbocycles. The molecule has 7 nitrogen and oxygen atoms in total. The lowest BCUT2D eigenvalue weighted by molar-refractivity contribution is -0.385. The third kappa shape index (κ3) is 3.75. The number of nitro benzene ring substituents is 1. The number of benzene rings is 1. The summed E-state index contributed by atoms with van der Waals surface area (Å²) in [5, 5.41) is 22.8. The van der Waals surface area contributed by atoms with Gasteiger partial charge in [-0.05, 0) is 36.2 Å². The second kappa shape index (κ2) is 6.47. The van der Waals surface area contributed by atoms with Gasteiger partial charge in [-0.2, -0.15) is 0 Å². The van der Waals surface area contributed by atoms with Crippen LogP contribution >= 0.6 is 0 Å². The van der Waals surface area contributed by atoms with Crippen molar-refractivity contribution in [3.8, 4) is 0 Å². The minimum absolute atomic E-state index is 0.320. The summed E-state index contributed by atoms with van der Waals surface area (Å²) in [5.74, 6) is -1.31. The molecule has 2 aromatic rings. The first-order valence-electron chi connectivity index (χ1n) is 6.22. The summed E-state index contributed by atoms with van der Waals surface area (Å²) in [6.45, 7) is 0.577. The van der Waals surface area contributed by atoms with Gasteiger partial charge in [0.05, 0.1) is 4.92 Å². The third-order valence-electron chi connectivity index (χ3n) is 2.92. The second-order valence-electron chi connectivity index (χ2n) is 4.33. The lowest BCUT2D eigenvalue weighted by atomic mass is 10.1. The standard InChI is InChI=1S/C14H13N3O4/c18-14(19)12-2-1-11(9-13(12)17(20)21)16-8-5-10-3-6-15-7-4-10/h1-4,6-7,9,16H,5,8H2,(H,18,19). The lowest BCUT2D eigenvalue weighted by Gasteiger charge is -2.07. The zero-order valence-electron chi connectivity index (χ0n) is 11.0. The number of nitrogens with zero attached hydrogens (tertiary/aromatic N) is 2. The summed E-state index contributed by atoms with van der Waals surface area (Å²) in [5.41, 5.74) is 0.867. The maximum absolute atomic E-state index is 10.9.